The number of alkyl halides is 2. The molecule has 0 atom stereocenters. The number of thiophene rings is 1. The third kappa shape index (κ3) is 5.16. The number of nitriles is 1. The van der Waals surface area contributed by atoms with Gasteiger partial charge in [-0.05, 0) is 12.1 Å². The predicted molar refractivity (Wildman–Crippen MR) is 57.6 cm³/mol. The Hall–Kier alpha value is -1.03. The van der Waals surface area contributed by atoms with Crippen LogP contribution in [-0.4, -0.2) is 26.2 Å². The van der Waals surface area contributed by atoms with E-state index in [2.05, 4.69) is 11.4 Å². The van der Waals surface area contributed by atoms with E-state index in [1.807, 2.05) is 6.07 Å². The molecule has 0 saturated carbocycles. The summed E-state index contributed by atoms with van der Waals surface area (Å²) in [5, 5.41) is 11.6. The maximum absolute atomic E-state index is 11.7. The van der Waals surface area contributed by atoms with Crippen LogP contribution in [0.15, 0.2) is 12.1 Å². The Bertz CT molecular complexity index is 349. The molecule has 0 spiro atoms. The van der Waals surface area contributed by atoms with Crippen LogP contribution in [0.25, 0.3) is 0 Å². The maximum Gasteiger partial charge on any atom is 0.261 e. The predicted octanol–water partition coefficient (Wildman–Crippen LogP) is 1.99. The first-order valence-electron chi connectivity index (χ1n) is 4.78. The Balaban J connectivity index is 2.05. The van der Waals surface area contributed by atoms with Crippen molar-refractivity contribution in [2.75, 3.05) is 19.8 Å². The fourth-order valence-corrected chi connectivity index (χ4v) is 1.84. The molecular weight excluding hydrogens is 234 g/mol. The van der Waals surface area contributed by atoms with Gasteiger partial charge in [-0.1, -0.05) is 0 Å². The quantitative estimate of drug-likeness (QED) is 0.748. The number of ether oxygens (including phenoxy) is 1. The Morgan fingerprint density at radius 1 is 1.50 bits per heavy atom. The number of hydrogen-bond acceptors (Lipinski definition) is 4. The fraction of sp³-hybridized carbons (Fsp3) is 0.500. The van der Waals surface area contributed by atoms with Crippen molar-refractivity contribution in [2.24, 2.45) is 0 Å². The van der Waals surface area contributed by atoms with Crippen LogP contribution >= 0.6 is 11.3 Å². The van der Waals surface area contributed by atoms with Gasteiger partial charge in [0.15, 0.2) is 0 Å². The monoisotopic (exact) mass is 246 g/mol. The smallest absolute Gasteiger partial charge is 0.261 e. The molecule has 1 rings (SSSR count). The number of hydrogen-bond donors (Lipinski definition) is 1. The summed E-state index contributed by atoms with van der Waals surface area (Å²) in [6, 6.07) is 5.68. The zero-order valence-corrected chi connectivity index (χ0v) is 9.40. The number of halogens is 2. The molecular formula is C10H12F2N2OS. The second-order valence-electron chi connectivity index (χ2n) is 3.02. The van der Waals surface area contributed by atoms with E-state index in [1.54, 1.807) is 6.07 Å². The van der Waals surface area contributed by atoms with Crippen molar-refractivity contribution in [3.05, 3.63) is 21.9 Å². The summed E-state index contributed by atoms with van der Waals surface area (Å²) in [6.07, 6.45) is -2.41. The van der Waals surface area contributed by atoms with Gasteiger partial charge >= 0.3 is 0 Å². The highest BCUT2D eigenvalue weighted by molar-refractivity contribution is 7.12. The van der Waals surface area contributed by atoms with Gasteiger partial charge in [0.05, 0.1) is 6.61 Å². The van der Waals surface area contributed by atoms with Gasteiger partial charge in [0.25, 0.3) is 6.43 Å². The minimum Gasteiger partial charge on any atom is -0.374 e. The normalized spacial score (nSPS) is 10.6. The van der Waals surface area contributed by atoms with E-state index in [-0.39, 0.29) is 6.61 Å². The first-order chi connectivity index (χ1) is 7.72. The molecule has 0 radical (unpaired) electrons. The van der Waals surface area contributed by atoms with Gasteiger partial charge in [0, 0.05) is 18.0 Å². The highest BCUT2D eigenvalue weighted by Crippen LogP contribution is 2.14. The largest absolute Gasteiger partial charge is 0.374 e. The molecule has 0 aliphatic heterocycles. The van der Waals surface area contributed by atoms with Crippen molar-refractivity contribution in [1.82, 2.24) is 5.32 Å². The van der Waals surface area contributed by atoms with E-state index < -0.39 is 13.0 Å². The lowest BCUT2D eigenvalue weighted by Gasteiger charge is -2.04. The van der Waals surface area contributed by atoms with Crippen LogP contribution in [0.3, 0.4) is 0 Å². The Morgan fingerprint density at radius 2 is 2.31 bits per heavy atom. The lowest BCUT2D eigenvalue weighted by atomic mass is 10.4. The first-order valence-corrected chi connectivity index (χ1v) is 5.59. The van der Waals surface area contributed by atoms with E-state index >= 15 is 0 Å². The summed E-state index contributed by atoms with van der Waals surface area (Å²) in [5.41, 5.74) is 0. The second kappa shape index (κ2) is 7.28. The number of rotatable bonds is 7. The molecule has 1 N–H and O–H groups in total. The van der Waals surface area contributed by atoms with Gasteiger partial charge in [-0.3, -0.25) is 0 Å². The SMILES string of the molecule is N#Cc1ccc(CNCCOCC(F)F)s1. The van der Waals surface area contributed by atoms with Crippen molar-refractivity contribution in [3.8, 4) is 6.07 Å². The van der Waals surface area contributed by atoms with E-state index in [4.69, 9.17) is 10.00 Å². The molecule has 6 heteroatoms. The summed E-state index contributed by atoms with van der Waals surface area (Å²) in [7, 11) is 0. The summed E-state index contributed by atoms with van der Waals surface area (Å²) in [6.45, 7) is 0.900. The van der Waals surface area contributed by atoms with Crippen LogP contribution in [0.2, 0.25) is 0 Å². The van der Waals surface area contributed by atoms with Gasteiger partial charge in [-0.2, -0.15) is 5.26 Å². The molecule has 0 fully saturated rings. The molecule has 16 heavy (non-hydrogen) atoms. The minimum atomic E-state index is -2.41. The molecule has 0 unspecified atom stereocenters. The van der Waals surface area contributed by atoms with E-state index in [0.29, 0.717) is 18.0 Å². The molecule has 0 bridgehead atoms. The van der Waals surface area contributed by atoms with E-state index in [9.17, 15) is 8.78 Å². The van der Waals surface area contributed by atoms with Crippen molar-refractivity contribution < 1.29 is 13.5 Å². The van der Waals surface area contributed by atoms with Crippen molar-refractivity contribution in [1.29, 1.82) is 5.26 Å². The van der Waals surface area contributed by atoms with Crippen LogP contribution < -0.4 is 5.32 Å². The molecule has 88 valence electrons. The molecule has 1 aromatic heterocycles. The summed E-state index contributed by atoms with van der Waals surface area (Å²) < 4.78 is 28.1. The molecule has 0 aliphatic rings. The highest BCUT2D eigenvalue weighted by atomic mass is 32.1. The lowest BCUT2D eigenvalue weighted by molar-refractivity contribution is 0.0187. The van der Waals surface area contributed by atoms with Gasteiger partial charge in [-0.25, -0.2) is 8.78 Å². The zero-order chi connectivity index (χ0) is 11.8. The number of nitrogens with zero attached hydrogens (tertiary/aromatic N) is 1. The summed E-state index contributed by atoms with van der Waals surface area (Å²) >= 11 is 1.42. The van der Waals surface area contributed by atoms with Crippen LogP contribution in [0.4, 0.5) is 8.78 Å². The zero-order valence-electron chi connectivity index (χ0n) is 8.58. The average molecular weight is 246 g/mol. The standard InChI is InChI=1S/C10H12F2N2OS/c11-10(12)7-15-4-3-14-6-9-2-1-8(5-13)16-9/h1-2,10,14H,3-4,6-7H2. The van der Waals surface area contributed by atoms with Crippen LogP contribution in [0.5, 0.6) is 0 Å². The van der Waals surface area contributed by atoms with Crippen molar-refractivity contribution in [3.63, 3.8) is 0 Å². The average Bonchev–Trinajstić information content (AvgIpc) is 2.70. The molecule has 0 amide bonds. The first kappa shape index (κ1) is 13.0. The minimum absolute atomic E-state index is 0.265. The number of nitrogens with one attached hydrogen (secondary N) is 1. The fourth-order valence-electron chi connectivity index (χ4n) is 1.06. The van der Waals surface area contributed by atoms with E-state index in [1.165, 1.54) is 11.3 Å². The molecule has 1 aromatic rings. The summed E-state index contributed by atoms with van der Waals surface area (Å²) in [4.78, 5) is 1.72. The van der Waals surface area contributed by atoms with Crippen molar-refractivity contribution >= 4 is 11.3 Å². The summed E-state index contributed by atoms with van der Waals surface area (Å²) in [5.74, 6) is 0. The second-order valence-corrected chi connectivity index (χ2v) is 4.19. The lowest BCUT2D eigenvalue weighted by Crippen LogP contribution is -2.20. The molecule has 0 aromatic carbocycles. The molecule has 1 heterocycles. The van der Waals surface area contributed by atoms with E-state index in [0.717, 1.165) is 4.88 Å². The Labute approximate surface area is 96.6 Å². The third-order valence-corrected chi connectivity index (χ3v) is 2.73. The molecule has 0 aliphatic carbocycles. The Kier molecular flexibility index (Phi) is 5.93. The van der Waals surface area contributed by atoms with Crippen LogP contribution in [0.1, 0.15) is 9.75 Å². The van der Waals surface area contributed by atoms with Crippen LogP contribution in [0, 0.1) is 11.3 Å². The highest BCUT2D eigenvalue weighted by Gasteiger charge is 2.01. The van der Waals surface area contributed by atoms with Gasteiger partial charge in [0.1, 0.15) is 17.6 Å². The van der Waals surface area contributed by atoms with Crippen molar-refractivity contribution in [2.45, 2.75) is 13.0 Å². The maximum atomic E-state index is 11.7. The van der Waals surface area contributed by atoms with Gasteiger partial charge in [0.2, 0.25) is 0 Å². The Morgan fingerprint density at radius 3 is 2.94 bits per heavy atom. The molecule has 3 nitrogen and oxygen atoms in total. The topological polar surface area (TPSA) is 45.0 Å². The third-order valence-electron chi connectivity index (χ3n) is 1.74. The van der Waals surface area contributed by atoms with Gasteiger partial charge < -0.3 is 10.1 Å². The van der Waals surface area contributed by atoms with Crippen LogP contribution in [-0.2, 0) is 11.3 Å². The molecule has 0 saturated heterocycles. The van der Waals surface area contributed by atoms with Gasteiger partial charge in [-0.15, -0.1) is 11.3 Å².